The third kappa shape index (κ3) is 3.30. The molecule has 0 saturated heterocycles. The van der Waals surface area contributed by atoms with Crippen LogP contribution in [0.25, 0.3) is 20.4 Å². The predicted octanol–water partition coefficient (Wildman–Crippen LogP) is 4.65. The molecule has 6 nitrogen and oxygen atoms in total. The van der Waals surface area contributed by atoms with Crippen molar-refractivity contribution in [2.45, 2.75) is 30.9 Å². The zero-order valence-electron chi connectivity index (χ0n) is 15.4. The average molecular weight is 432 g/mol. The number of sulfone groups is 1. The van der Waals surface area contributed by atoms with Gasteiger partial charge in [-0.05, 0) is 57.2 Å². The standard InChI is InChI=1S/C19H17N3O3S3/c1-10(2)28(24,25)13-6-4-12(5-7-13)18(23)22-19-21-15-9-8-14-16(17(15)27-19)26-11(3)20-14/h4-10H,1-3H3,(H,21,22,23). The predicted molar refractivity (Wildman–Crippen MR) is 114 cm³/mol. The van der Waals surface area contributed by atoms with Crippen molar-refractivity contribution in [3.8, 4) is 0 Å². The van der Waals surface area contributed by atoms with Crippen molar-refractivity contribution in [2.24, 2.45) is 0 Å². The van der Waals surface area contributed by atoms with E-state index in [1.54, 1.807) is 25.2 Å². The lowest BCUT2D eigenvalue weighted by Crippen LogP contribution is -2.15. The number of benzene rings is 2. The summed E-state index contributed by atoms with van der Waals surface area (Å²) in [7, 11) is -3.36. The first-order valence-electron chi connectivity index (χ1n) is 8.57. The first kappa shape index (κ1) is 19.0. The molecule has 2 aromatic heterocycles. The third-order valence-corrected chi connectivity index (χ3v) is 8.61. The number of carbonyl (C=O) groups is 1. The number of aryl methyl sites for hydroxylation is 1. The topological polar surface area (TPSA) is 89.0 Å². The van der Waals surface area contributed by atoms with Crippen molar-refractivity contribution in [2.75, 3.05) is 5.32 Å². The molecule has 4 aromatic rings. The van der Waals surface area contributed by atoms with Crippen LogP contribution in [-0.4, -0.2) is 29.5 Å². The van der Waals surface area contributed by atoms with Crippen LogP contribution >= 0.6 is 22.7 Å². The van der Waals surface area contributed by atoms with E-state index in [0.717, 1.165) is 25.4 Å². The van der Waals surface area contributed by atoms with Crippen LogP contribution in [0.2, 0.25) is 0 Å². The van der Waals surface area contributed by atoms with E-state index in [1.165, 1.54) is 35.6 Å². The Balaban J connectivity index is 1.60. The molecule has 0 fully saturated rings. The highest BCUT2D eigenvalue weighted by Gasteiger charge is 2.20. The zero-order chi connectivity index (χ0) is 20.1. The summed E-state index contributed by atoms with van der Waals surface area (Å²) in [5.41, 5.74) is 2.12. The summed E-state index contributed by atoms with van der Waals surface area (Å²) in [5, 5.41) is 3.77. The van der Waals surface area contributed by atoms with Gasteiger partial charge in [0.1, 0.15) is 0 Å². The van der Waals surface area contributed by atoms with E-state index < -0.39 is 15.1 Å². The van der Waals surface area contributed by atoms with Crippen molar-refractivity contribution in [3.05, 3.63) is 47.0 Å². The van der Waals surface area contributed by atoms with Crippen LogP contribution in [0.3, 0.4) is 0 Å². The van der Waals surface area contributed by atoms with E-state index in [0.29, 0.717) is 10.7 Å². The van der Waals surface area contributed by atoms with Crippen LogP contribution < -0.4 is 5.32 Å². The van der Waals surface area contributed by atoms with Crippen molar-refractivity contribution in [1.82, 2.24) is 9.97 Å². The van der Waals surface area contributed by atoms with Gasteiger partial charge in [-0.15, -0.1) is 11.3 Å². The lowest BCUT2D eigenvalue weighted by molar-refractivity contribution is 0.102. The van der Waals surface area contributed by atoms with Gasteiger partial charge in [-0.1, -0.05) is 11.3 Å². The average Bonchev–Trinajstić information content (AvgIpc) is 3.23. The lowest BCUT2D eigenvalue weighted by atomic mass is 10.2. The van der Waals surface area contributed by atoms with Crippen LogP contribution in [0, 0.1) is 6.92 Å². The molecule has 2 aromatic carbocycles. The number of hydrogen-bond donors (Lipinski definition) is 1. The Kier molecular flexibility index (Phi) is 4.68. The lowest BCUT2D eigenvalue weighted by Gasteiger charge is -2.08. The summed E-state index contributed by atoms with van der Waals surface area (Å²) in [4.78, 5) is 21.7. The molecule has 0 unspecified atom stereocenters. The maximum absolute atomic E-state index is 12.5. The van der Waals surface area contributed by atoms with Gasteiger partial charge >= 0.3 is 0 Å². The van der Waals surface area contributed by atoms with E-state index in [2.05, 4.69) is 15.3 Å². The number of anilines is 1. The first-order chi connectivity index (χ1) is 13.3. The highest BCUT2D eigenvalue weighted by molar-refractivity contribution is 7.92. The van der Waals surface area contributed by atoms with Crippen molar-refractivity contribution in [3.63, 3.8) is 0 Å². The fourth-order valence-electron chi connectivity index (χ4n) is 2.78. The molecule has 4 rings (SSSR count). The van der Waals surface area contributed by atoms with E-state index in [1.807, 2.05) is 19.1 Å². The molecular formula is C19H17N3O3S3. The summed E-state index contributed by atoms with van der Waals surface area (Å²) in [5.74, 6) is -0.329. The molecule has 0 radical (unpaired) electrons. The summed E-state index contributed by atoms with van der Waals surface area (Å²) >= 11 is 3.01. The number of fused-ring (bicyclic) bond motifs is 3. The second-order valence-corrected chi connectivity index (χ2v) is 11.3. The minimum atomic E-state index is -3.36. The largest absolute Gasteiger partial charge is 0.298 e. The number of nitrogens with zero attached hydrogens (tertiary/aromatic N) is 2. The van der Waals surface area contributed by atoms with Crippen LogP contribution in [-0.2, 0) is 9.84 Å². The summed E-state index contributed by atoms with van der Waals surface area (Å²) in [6.45, 7) is 5.22. The minimum Gasteiger partial charge on any atom is -0.298 e. The molecule has 28 heavy (non-hydrogen) atoms. The van der Waals surface area contributed by atoms with Gasteiger partial charge in [0.2, 0.25) is 0 Å². The minimum absolute atomic E-state index is 0.210. The number of carbonyl (C=O) groups excluding carboxylic acids is 1. The number of amides is 1. The van der Waals surface area contributed by atoms with Crippen LogP contribution in [0.4, 0.5) is 5.13 Å². The Morgan fingerprint density at radius 2 is 1.57 bits per heavy atom. The van der Waals surface area contributed by atoms with Gasteiger partial charge in [0.25, 0.3) is 5.91 Å². The highest BCUT2D eigenvalue weighted by Crippen LogP contribution is 2.35. The molecule has 144 valence electrons. The SMILES string of the molecule is Cc1nc2ccc3nc(NC(=O)c4ccc(S(=O)(=O)C(C)C)cc4)sc3c2s1. The molecule has 0 atom stereocenters. The van der Waals surface area contributed by atoms with Crippen molar-refractivity contribution >= 4 is 64.0 Å². The van der Waals surface area contributed by atoms with Crippen LogP contribution in [0.1, 0.15) is 29.2 Å². The molecule has 0 bridgehead atoms. The second kappa shape index (κ2) is 6.91. The highest BCUT2D eigenvalue weighted by atomic mass is 32.2. The fourth-order valence-corrected chi connectivity index (χ4v) is 5.84. The number of hydrogen-bond acceptors (Lipinski definition) is 7. The van der Waals surface area contributed by atoms with Crippen LogP contribution in [0.15, 0.2) is 41.3 Å². The van der Waals surface area contributed by atoms with Gasteiger partial charge in [-0.3, -0.25) is 10.1 Å². The fraction of sp³-hybridized carbons (Fsp3) is 0.211. The molecule has 2 heterocycles. The van der Waals surface area contributed by atoms with Crippen LogP contribution in [0.5, 0.6) is 0 Å². The van der Waals surface area contributed by atoms with Crippen molar-refractivity contribution < 1.29 is 13.2 Å². The Bertz CT molecular complexity index is 1300. The summed E-state index contributed by atoms with van der Waals surface area (Å²) in [6, 6.07) is 9.79. The summed E-state index contributed by atoms with van der Waals surface area (Å²) < 4.78 is 26.5. The van der Waals surface area contributed by atoms with Gasteiger partial charge in [0.15, 0.2) is 15.0 Å². The zero-order valence-corrected chi connectivity index (χ0v) is 17.8. The van der Waals surface area contributed by atoms with E-state index >= 15 is 0 Å². The molecular weight excluding hydrogens is 414 g/mol. The summed E-state index contributed by atoms with van der Waals surface area (Å²) in [6.07, 6.45) is 0. The second-order valence-electron chi connectivity index (χ2n) is 6.59. The molecule has 0 spiro atoms. The molecule has 0 saturated carbocycles. The van der Waals surface area contributed by atoms with E-state index in [9.17, 15) is 13.2 Å². The van der Waals surface area contributed by atoms with E-state index in [-0.39, 0.29) is 10.8 Å². The number of rotatable bonds is 4. The quantitative estimate of drug-likeness (QED) is 0.508. The molecule has 1 amide bonds. The Morgan fingerprint density at radius 3 is 2.21 bits per heavy atom. The molecule has 9 heteroatoms. The number of nitrogens with one attached hydrogen (secondary N) is 1. The normalized spacial score (nSPS) is 12.1. The molecule has 0 aliphatic carbocycles. The van der Waals surface area contributed by atoms with Gasteiger partial charge in [0, 0.05) is 5.56 Å². The maximum atomic E-state index is 12.5. The van der Waals surface area contributed by atoms with Gasteiger partial charge in [0.05, 0.1) is 35.6 Å². The van der Waals surface area contributed by atoms with Gasteiger partial charge < -0.3 is 0 Å². The number of aromatic nitrogens is 2. The van der Waals surface area contributed by atoms with Gasteiger partial charge in [-0.2, -0.15) is 0 Å². The molecule has 1 N–H and O–H groups in total. The first-order valence-corrected chi connectivity index (χ1v) is 11.8. The molecule has 0 aliphatic rings. The Labute approximate surface area is 170 Å². The Hall–Kier alpha value is -2.36. The Morgan fingerprint density at radius 1 is 0.964 bits per heavy atom. The smallest absolute Gasteiger partial charge is 0.257 e. The van der Waals surface area contributed by atoms with E-state index in [4.69, 9.17) is 0 Å². The van der Waals surface area contributed by atoms with Crippen molar-refractivity contribution in [1.29, 1.82) is 0 Å². The monoisotopic (exact) mass is 431 g/mol. The van der Waals surface area contributed by atoms with Gasteiger partial charge in [-0.25, -0.2) is 18.4 Å². The third-order valence-electron chi connectivity index (χ3n) is 4.31. The maximum Gasteiger partial charge on any atom is 0.257 e. The number of thiazole rings is 2. The molecule has 0 aliphatic heterocycles.